The number of aliphatic hydroxyl groups is 1. The molecular weight excluding hydrogens is 162 g/mol. The van der Waals surface area contributed by atoms with E-state index in [0.717, 1.165) is 12.1 Å². The monoisotopic (exact) mass is 177 g/mol. The summed E-state index contributed by atoms with van der Waals surface area (Å²) in [7, 11) is 0. The van der Waals surface area contributed by atoms with Gasteiger partial charge in [-0.1, -0.05) is 12.1 Å². The molecule has 13 heavy (non-hydrogen) atoms. The van der Waals surface area contributed by atoms with E-state index < -0.39 is 5.60 Å². The zero-order chi connectivity index (χ0) is 9.73. The molecule has 1 rings (SSSR count). The number of aryl methyl sites for hydroxylation is 1. The van der Waals surface area contributed by atoms with E-state index in [-0.39, 0.29) is 0 Å². The summed E-state index contributed by atoms with van der Waals surface area (Å²) in [6, 6.07) is 5.79. The molecule has 0 fully saturated rings. The Kier molecular flexibility index (Phi) is 3.20. The van der Waals surface area contributed by atoms with Crippen molar-refractivity contribution >= 4 is 0 Å². The van der Waals surface area contributed by atoms with Crippen LogP contribution in [0.5, 0.6) is 0 Å². The van der Waals surface area contributed by atoms with Crippen LogP contribution < -0.4 is 0 Å². The maximum Gasteiger partial charge on any atom is 0.0800 e. The van der Waals surface area contributed by atoms with Crippen molar-refractivity contribution in [2.24, 2.45) is 0 Å². The summed E-state index contributed by atoms with van der Waals surface area (Å²) >= 11 is 0. The third kappa shape index (κ3) is 3.38. The first-order valence-corrected chi connectivity index (χ1v) is 4.40. The number of hydrogen-bond acceptors (Lipinski definition) is 2. The molecule has 1 unspecified atom stereocenters. The van der Waals surface area contributed by atoms with Gasteiger partial charge in [0.25, 0.3) is 0 Å². The molecule has 70 valence electrons. The number of hydrogen-bond donors (Lipinski definition) is 1. The summed E-state index contributed by atoms with van der Waals surface area (Å²) in [5, 5.41) is 9.64. The molecule has 0 saturated heterocycles. The van der Waals surface area contributed by atoms with Crippen LogP contribution in [0.25, 0.3) is 0 Å². The topological polar surface area (TPSA) is 33.1 Å². The molecule has 1 atom stereocenters. The van der Waals surface area contributed by atoms with Crippen molar-refractivity contribution in [1.29, 1.82) is 0 Å². The highest BCUT2D eigenvalue weighted by Gasteiger charge is 2.14. The average molecular weight is 177 g/mol. The lowest BCUT2D eigenvalue weighted by atomic mass is 9.99. The van der Waals surface area contributed by atoms with Gasteiger partial charge in [0.2, 0.25) is 0 Å². The van der Waals surface area contributed by atoms with E-state index in [1.165, 1.54) is 0 Å². The Morgan fingerprint density at radius 1 is 1.62 bits per heavy atom. The summed E-state index contributed by atoms with van der Waals surface area (Å²) in [5.74, 6) is 0. The minimum Gasteiger partial charge on any atom is -0.386 e. The highest BCUT2D eigenvalue weighted by atomic mass is 16.3. The van der Waals surface area contributed by atoms with Crippen LogP contribution in [0.2, 0.25) is 0 Å². The van der Waals surface area contributed by atoms with Crippen molar-refractivity contribution < 1.29 is 5.11 Å². The van der Waals surface area contributed by atoms with Gasteiger partial charge < -0.3 is 5.11 Å². The molecule has 0 aliphatic rings. The van der Waals surface area contributed by atoms with Gasteiger partial charge in [0.05, 0.1) is 5.60 Å². The molecule has 0 bridgehead atoms. The number of nitrogens with zero attached hydrogens (tertiary/aromatic N) is 1. The third-order valence-corrected chi connectivity index (χ3v) is 2.05. The van der Waals surface area contributed by atoms with Gasteiger partial charge in [0.15, 0.2) is 0 Å². The van der Waals surface area contributed by atoms with Gasteiger partial charge in [-0.25, -0.2) is 0 Å². The molecule has 2 nitrogen and oxygen atoms in total. The highest BCUT2D eigenvalue weighted by Crippen LogP contribution is 2.13. The molecule has 0 radical (unpaired) electrons. The second-order valence-electron chi connectivity index (χ2n) is 3.38. The van der Waals surface area contributed by atoms with Gasteiger partial charge >= 0.3 is 0 Å². The van der Waals surface area contributed by atoms with Gasteiger partial charge in [-0.15, -0.1) is 6.58 Å². The van der Waals surface area contributed by atoms with Crippen LogP contribution in [0.1, 0.15) is 19.0 Å². The van der Waals surface area contributed by atoms with Gasteiger partial charge in [-0.05, 0) is 31.9 Å². The standard InChI is InChI=1S/C11H15NO/c1-3-11(2,13)8-7-10-6-4-5-9-12-10/h3-6,9,13H,1,7-8H2,2H3. The first-order valence-electron chi connectivity index (χ1n) is 4.40. The van der Waals surface area contributed by atoms with Crippen molar-refractivity contribution in [2.75, 3.05) is 0 Å². The summed E-state index contributed by atoms with van der Waals surface area (Å²) in [4.78, 5) is 4.17. The lowest BCUT2D eigenvalue weighted by molar-refractivity contribution is 0.102. The molecular formula is C11H15NO. The Balaban J connectivity index is 2.48. The molecule has 1 aromatic rings. The molecule has 1 N–H and O–H groups in total. The molecule has 0 amide bonds. The highest BCUT2D eigenvalue weighted by molar-refractivity contribution is 5.05. The largest absolute Gasteiger partial charge is 0.386 e. The first kappa shape index (κ1) is 9.93. The van der Waals surface area contributed by atoms with E-state index in [9.17, 15) is 5.11 Å². The third-order valence-electron chi connectivity index (χ3n) is 2.05. The van der Waals surface area contributed by atoms with E-state index in [1.54, 1.807) is 19.2 Å². The van der Waals surface area contributed by atoms with E-state index in [4.69, 9.17) is 0 Å². The Hall–Kier alpha value is -1.15. The zero-order valence-electron chi connectivity index (χ0n) is 7.90. The maximum atomic E-state index is 9.64. The van der Waals surface area contributed by atoms with Crippen LogP contribution in [0.15, 0.2) is 37.1 Å². The van der Waals surface area contributed by atoms with E-state index in [2.05, 4.69) is 11.6 Å². The van der Waals surface area contributed by atoms with Crippen LogP contribution in [-0.4, -0.2) is 15.7 Å². The SMILES string of the molecule is C=CC(C)(O)CCc1ccccn1. The van der Waals surface area contributed by atoms with Crippen LogP contribution in [0, 0.1) is 0 Å². The van der Waals surface area contributed by atoms with Crippen LogP contribution in [0.4, 0.5) is 0 Å². The van der Waals surface area contributed by atoms with E-state index >= 15 is 0 Å². The first-order chi connectivity index (χ1) is 6.14. The zero-order valence-corrected chi connectivity index (χ0v) is 7.90. The van der Waals surface area contributed by atoms with Crippen molar-refractivity contribution in [2.45, 2.75) is 25.4 Å². The van der Waals surface area contributed by atoms with E-state index in [0.29, 0.717) is 6.42 Å². The summed E-state index contributed by atoms with van der Waals surface area (Å²) in [6.07, 6.45) is 4.77. The second kappa shape index (κ2) is 4.19. The maximum absolute atomic E-state index is 9.64. The molecule has 2 heteroatoms. The fourth-order valence-corrected chi connectivity index (χ4v) is 1.03. The van der Waals surface area contributed by atoms with Gasteiger partial charge in [0, 0.05) is 11.9 Å². The van der Waals surface area contributed by atoms with E-state index in [1.807, 2.05) is 18.2 Å². The smallest absolute Gasteiger partial charge is 0.0800 e. The second-order valence-corrected chi connectivity index (χ2v) is 3.38. The van der Waals surface area contributed by atoms with Crippen molar-refractivity contribution in [3.63, 3.8) is 0 Å². The lowest BCUT2D eigenvalue weighted by Gasteiger charge is -2.17. The Morgan fingerprint density at radius 2 is 2.38 bits per heavy atom. The average Bonchev–Trinajstić information content (AvgIpc) is 2.17. The Labute approximate surface area is 78.9 Å². The quantitative estimate of drug-likeness (QED) is 0.713. The van der Waals surface area contributed by atoms with Gasteiger partial charge in [0.1, 0.15) is 0 Å². The molecule has 1 aromatic heterocycles. The van der Waals surface area contributed by atoms with Crippen LogP contribution in [0.3, 0.4) is 0 Å². The number of pyridine rings is 1. The molecule has 1 heterocycles. The Morgan fingerprint density at radius 3 is 2.92 bits per heavy atom. The predicted molar refractivity (Wildman–Crippen MR) is 53.4 cm³/mol. The minimum absolute atomic E-state index is 0.660. The summed E-state index contributed by atoms with van der Waals surface area (Å²) < 4.78 is 0. The minimum atomic E-state index is -0.780. The molecule has 0 aliphatic carbocycles. The fourth-order valence-electron chi connectivity index (χ4n) is 1.03. The summed E-state index contributed by atoms with van der Waals surface area (Å²) in [5.41, 5.74) is 0.224. The normalized spacial score (nSPS) is 14.9. The van der Waals surface area contributed by atoms with Gasteiger partial charge in [-0.3, -0.25) is 4.98 Å². The molecule has 0 aromatic carbocycles. The van der Waals surface area contributed by atoms with Crippen molar-refractivity contribution in [1.82, 2.24) is 4.98 Å². The number of rotatable bonds is 4. The van der Waals surface area contributed by atoms with Crippen LogP contribution in [-0.2, 0) is 6.42 Å². The molecule has 0 spiro atoms. The number of aromatic nitrogens is 1. The summed E-state index contributed by atoms with van der Waals surface area (Å²) in [6.45, 7) is 5.33. The Bertz CT molecular complexity index is 267. The lowest BCUT2D eigenvalue weighted by Crippen LogP contribution is -2.21. The van der Waals surface area contributed by atoms with Gasteiger partial charge in [-0.2, -0.15) is 0 Å². The van der Waals surface area contributed by atoms with Crippen LogP contribution >= 0.6 is 0 Å². The van der Waals surface area contributed by atoms with Crippen molar-refractivity contribution in [3.05, 3.63) is 42.7 Å². The molecule has 0 aliphatic heterocycles. The fraction of sp³-hybridized carbons (Fsp3) is 0.364. The predicted octanol–water partition coefficient (Wildman–Crippen LogP) is 1.95. The molecule has 0 saturated carbocycles. The van der Waals surface area contributed by atoms with Crippen molar-refractivity contribution in [3.8, 4) is 0 Å².